The minimum Gasteiger partial charge on any atom is -0.349 e. The van der Waals surface area contributed by atoms with Crippen LogP contribution < -0.4 is 11.1 Å². The molecule has 1 heterocycles. The Hall–Kier alpha value is -0.430. The van der Waals surface area contributed by atoms with Gasteiger partial charge in [0.15, 0.2) is 0 Å². The van der Waals surface area contributed by atoms with Crippen molar-refractivity contribution in [1.29, 1.82) is 0 Å². The molecule has 0 fully saturated rings. The Morgan fingerprint density at radius 3 is 2.50 bits per heavy atom. The SMILES string of the molecule is CC(C)(CCN)Nc1ncc(I)cn1. The maximum Gasteiger partial charge on any atom is 0.223 e. The molecule has 0 aliphatic carbocycles. The number of halogens is 1. The summed E-state index contributed by atoms with van der Waals surface area (Å²) in [5, 5.41) is 3.24. The van der Waals surface area contributed by atoms with Gasteiger partial charge in [0.25, 0.3) is 0 Å². The highest BCUT2D eigenvalue weighted by molar-refractivity contribution is 14.1. The molecule has 1 rings (SSSR count). The van der Waals surface area contributed by atoms with Crippen LogP contribution in [-0.4, -0.2) is 22.1 Å². The third-order valence-corrected chi connectivity index (χ3v) is 2.40. The van der Waals surface area contributed by atoms with Crippen LogP contribution in [0.15, 0.2) is 12.4 Å². The molecule has 1 aromatic heterocycles. The van der Waals surface area contributed by atoms with Crippen molar-refractivity contribution in [3.05, 3.63) is 16.0 Å². The highest BCUT2D eigenvalue weighted by atomic mass is 127. The molecule has 14 heavy (non-hydrogen) atoms. The van der Waals surface area contributed by atoms with Crippen LogP contribution in [0.2, 0.25) is 0 Å². The molecule has 0 aliphatic rings. The number of hydrogen-bond acceptors (Lipinski definition) is 4. The van der Waals surface area contributed by atoms with Crippen LogP contribution in [-0.2, 0) is 0 Å². The lowest BCUT2D eigenvalue weighted by atomic mass is 10.0. The highest BCUT2D eigenvalue weighted by Crippen LogP contribution is 2.13. The standard InChI is InChI=1S/C9H15IN4/c1-9(2,3-4-11)14-8-12-5-7(10)6-13-8/h5-6H,3-4,11H2,1-2H3,(H,12,13,14). The highest BCUT2D eigenvalue weighted by Gasteiger charge is 2.16. The molecule has 1 aromatic rings. The van der Waals surface area contributed by atoms with Crippen LogP contribution in [0.3, 0.4) is 0 Å². The normalized spacial score (nSPS) is 11.4. The predicted molar refractivity (Wildman–Crippen MR) is 66.1 cm³/mol. The number of rotatable bonds is 4. The monoisotopic (exact) mass is 306 g/mol. The smallest absolute Gasteiger partial charge is 0.223 e. The summed E-state index contributed by atoms with van der Waals surface area (Å²) >= 11 is 2.18. The van der Waals surface area contributed by atoms with Gasteiger partial charge in [-0.1, -0.05) is 0 Å². The molecule has 0 aliphatic heterocycles. The lowest BCUT2D eigenvalue weighted by Crippen LogP contribution is -2.34. The summed E-state index contributed by atoms with van der Waals surface area (Å²) in [6, 6.07) is 0. The third-order valence-electron chi connectivity index (χ3n) is 1.84. The van der Waals surface area contributed by atoms with E-state index < -0.39 is 0 Å². The quantitative estimate of drug-likeness (QED) is 0.830. The molecule has 0 saturated carbocycles. The number of hydrogen-bond donors (Lipinski definition) is 2. The average molecular weight is 306 g/mol. The maximum absolute atomic E-state index is 5.51. The summed E-state index contributed by atoms with van der Waals surface area (Å²) in [6.07, 6.45) is 4.46. The topological polar surface area (TPSA) is 63.8 Å². The van der Waals surface area contributed by atoms with Crippen LogP contribution in [0.1, 0.15) is 20.3 Å². The van der Waals surface area contributed by atoms with E-state index in [1.54, 1.807) is 12.4 Å². The minimum atomic E-state index is -0.0540. The molecule has 0 spiro atoms. The first kappa shape index (κ1) is 11.6. The van der Waals surface area contributed by atoms with Crippen molar-refractivity contribution < 1.29 is 0 Å². The Balaban J connectivity index is 2.64. The van der Waals surface area contributed by atoms with Gasteiger partial charge < -0.3 is 11.1 Å². The van der Waals surface area contributed by atoms with Crippen molar-refractivity contribution in [3.8, 4) is 0 Å². The number of nitrogens with one attached hydrogen (secondary N) is 1. The van der Waals surface area contributed by atoms with E-state index in [-0.39, 0.29) is 5.54 Å². The average Bonchev–Trinajstić information content (AvgIpc) is 2.08. The number of aromatic nitrogens is 2. The Bertz CT molecular complexity index is 283. The van der Waals surface area contributed by atoms with Gasteiger partial charge in [0.2, 0.25) is 5.95 Å². The van der Waals surface area contributed by atoms with Crippen molar-refractivity contribution in [3.63, 3.8) is 0 Å². The molecule has 0 radical (unpaired) electrons. The number of nitrogens with zero attached hydrogens (tertiary/aromatic N) is 2. The fourth-order valence-corrected chi connectivity index (χ4v) is 1.38. The van der Waals surface area contributed by atoms with E-state index in [9.17, 15) is 0 Å². The molecule has 0 saturated heterocycles. The first-order valence-electron chi connectivity index (χ1n) is 4.49. The summed E-state index contributed by atoms with van der Waals surface area (Å²) in [7, 11) is 0. The van der Waals surface area contributed by atoms with Crippen molar-refractivity contribution in [2.45, 2.75) is 25.8 Å². The Morgan fingerprint density at radius 2 is 2.00 bits per heavy atom. The molecule has 0 aromatic carbocycles. The fraction of sp³-hybridized carbons (Fsp3) is 0.556. The van der Waals surface area contributed by atoms with Crippen molar-refractivity contribution in [1.82, 2.24) is 9.97 Å². The zero-order valence-corrected chi connectivity index (χ0v) is 10.6. The minimum absolute atomic E-state index is 0.0540. The zero-order valence-electron chi connectivity index (χ0n) is 8.42. The summed E-state index contributed by atoms with van der Waals surface area (Å²) in [5.41, 5.74) is 5.46. The van der Waals surface area contributed by atoms with Gasteiger partial charge in [-0.25, -0.2) is 9.97 Å². The van der Waals surface area contributed by atoms with E-state index in [1.165, 1.54) is 0 Å². The number of nitrogens with two attached hydrogens (primary N) is 1. The maximum atomic E-state index is 5.51. The third kappa shape index (κ3) is 3.75. The van der Waals surface area contributed by atoms with Crippen LogP contribution in [0, 0.1) is 3.57 Å². The molecule has 3 N–H and O–H groups in total. The second-order valence-corrected chi connectivity index (χ2v) is 5.02. The van der Waals surface area contributed by atoms with E-state index >= 15 is 0 Å². The lowest BCUT2D eigenvalue weighted by molar-refractivity contribution is 0.522. The number of anilines is 1. The Morgan fingerprint density at radius 1 is 1.43 bits per heavy atom. The molecule has 5 heteroatoms. The second kappa shape index (κ2) is 4.88. The van der Waals surface area contributed by atoms with Gasteiger partial charge in [-0.15, -0.1) is 0 Å². The van der Waals surface area contributed by atoms with Gasteiger partial charge in [-0.3, -0.25) is 0 Å². The van der Waals surface area contributed by atoms with Crippen LogP contribution in [0.4, 0.5) is 5.95 Å². The summed E-state index contributed by atoms with van der Waals surface area (Å²) < 4.78 is 1.03. The van der Waals surface area contributed by atoms with E-state index in [2.05, 4.69) is 51.7 Å². The van der Waals surface area contributed by atoms with Gasteiger partial charge >= 0.3 is 0 Å². The molecular weight excluding hydrogens is 291 g/mol. The molecule has 0 unspecified atom stereocenters. The molecular formula is C9H15IN4. The molecule has 78 valence electrons. The van der Waals surface area contributed by atoms with Gasteiger partial charge in [0, 0.05) is 21.5 Å². The predicted octanol–water partition coefficient (Wildman–Crippen LogP) is 1.62. The fourth-order valence-electron chi connectivity index (χ4n) is 1.10. The summed E-state index contributed by atoms with van der Waals surface area (Å²) in [6.45, 7) is 4.83. The van der Waals surface area contributed by atoms with Crippen LogP contribution in [0.25, 0.3) is 0 Å². The molecule has 0 bridgehead atoms. The van der Waals surface area contributed by atoms with Crippen LogP contribution >= 0.6 is 22.6 Å². The van der Waals surface area contributed by atoms with Crippen molar-refractivity contribution in [2.24, 2.45) is 5.73 Å². The van der Waals surface area contributed by atoms with Gasteiger partial charge in [0.1, 0.15) is 0 Å². The van der Waals surface area contributed by atoms with Gasteiger partial charge in [-0.2, -0.15) is 0 Å². The van der Waals surface area contributed by atoms with E-state index in [0.29, 0.717) is 12.5 Å². The van der Waals surface area contributed by atoms with Gasteiger partial charge in [-0.05, 0) is 49.4 Å². The first-order chi connectivity index (χ1) is 6.53. The zero-order chi connectivity index (χ0) is 10.6. The Labute approximate surface area is 97.8 Å². The molecule has 4 nitrogen and oxygen atoms in total. The van der Waals surface area contributed by atoms with Crippen molar-refractivity contribution >= 4 is 28.5 Å². The first-order valence-corrected chi connectivity index (χ1v) is 5.57. The second-order valence-electron chi connectivity index (χ2n) is 3.77. The van der Waals surface area contributed by atoms with E-state index in [1.807, 2.05) is 0 Å². The lowest BCUT2D eigenvalue weighted by Gasteiger charge is -2.25. The Kier molecular flexibility index (Phi) is 4.06. The van der Waals surface area contributed by atoms with Crippen molar-refractivity contribution in [2.75, 3.05) is 11.9 Å². The summed E-state index contributed by atoms with van der Waals surface area (Å²) in [5.74, 6) is 0.656. The summed E-state index contributed by atoms with van der Waals surface area (Å²) in [4.78, 5) is 8.35. The van der Waals surface area contributed by atoms with Gasteiger partial charge in [0.05, 0.1) is 0 Å². The van der Waals surface area contributed by atoms with E-state index in [0.717, 1.165) is 9.99 Å². The van der Waals surface area contributed by atoms with E-state index in [4.69, 9.17) is 5.73 Å². The molecule has 0 atom stereocenters. The molecule has 0 amide bonds. The largest absolute Gasteiger partial charge is 0.349 e. The van der Waals surface area contributed by atoms with Crippen LogP contribution in [0.5, 0.6) is 0 Å².